The van der Waals surface area contributed by atoms with Gasteiger partial charge in [0.2, 0.25) is 21.8 Å². The van der Waals surface area contributed by atoms with Gasteiger partial charge < -0.3 is 16.0 Å². The van der Waals surface area contributed by atoms with E-state index in [2.05, 4.69) is 16.0 Å². The maximum Gasteiger partial charge on any atom is 0.243 e. The predicted molar refractivity (Wildman–Crippen MR) is 102 cm³/mol. The Morgan fingerprint density at radius 2 is 1.92 bits per heavy atom. The number of hydrogen-bond acceptors (Lipinski definition) is 5. The summed E-state index contributed by atoms with van der Waals surface area (Å²) in [5.41, 5.74) is 0.511. The molecule has 0 spiro atoms. The number of benzene rings is 1. The second-order valence-electron chi connectivity index (χ2n) is 6.08. The average molecular weight is 405 g/mol. The monoisotopic (exact) mass is 404 g/mol. The Kier molecular flexibility index (Phi) is 8.48. The number of hydrogen-bond donors (Lipinski definition) is 3. The number of sulfonamides is 1. The molecule has 0 bridgehead atoms. The summed E-state index contributed by atoms with van der Waals surface area (Å²) < 4.78 is 26.1. The number of carbonyl (C=O) groups is 2. The highest BCUT2D eigenvalue weighted by atomic mass is 35.5. The van der Waals surface area contributed by atoms with E-state index in [0.717, 1.165) is 23.7 Å². The lowest BCUT2D eigenvalue weighted by Crippen LogP contribution is -2.48. The van der Waals surface area contributed by atoms with Crippen LogP contribution in [0.15, 0.2) is 29.2 Å². The van der Waals surface area contributed by atoms with Crippen LogP contribution in [-0.2, 0) is 19.6 Å². The molecule has 10 heteroatoms. The number of likely N-dealkylation sites (N-methyl/N-ethyl adjacent to an activating group) is 1. The Balaban J connectivity index is 0.00000338. The smallest absolute Gasteiger partial charge is 0.243 e. The van der Waals surface area contributed by atoms with Crippen molar-refractivity contribution in [2.24, 2.45) is 0 Å². The molecule has 1 atom stereocenters. The minimum absolute atomic E-state index is 0. The largest absolute Gasteiger partial charge is 0.351 e. The summed E-state index contributed by atoms with van der Waals surface area (Å²) in [6.45, 7) is 2.77. The summed E-state index contributed by atoms with van der Waals surface area (Å²) in [6.07, 6.45) is 1.87. The Labute approximate surface area is 160 Å². The highest BCUT2D eigenvalue weighted by Gasteiger charge is 2.24. The normalized spacial score (nSPS) is 17.3. The van der Waals surface area contributed by atoms with Crippen LogP contribution in [-0.4, -0.2) is 57.3 Å². The Hall–Kier alpha value is -1.68. The first-order chi connectivity index (χ1) is 11.8. The van der Waals surface area contributed by atoms with Crippen molar-refractivity contribution in [3.8, 4) is 0 Å². The van der Waals surface area contributed by atoms with Gasteiger partial charge >= 0.3 is 0 Å². The van der Waals surface area contributed by atoms with Gasteiger partial charge in [0.05, 0.1) is 11.4 Å². The Morgan fingerprint density at radius 1 is 1.27 bits per heavy atom. The summed E-state index contributed by atoms with van der Waals surface area (Å²) in [6, 6.07) is 5.86. The lowest BCUT2D eigenvalue weighted by molar-refractivity contribution is -0.122. The number of carbonyl (C=O) groups excluding carboxylic acids is 2. The molecule has 0 saturated carbocycles. The molecule has 3 N–H and O–H groups in total. The molecule has 1 fully saturated rings. The molecule has 1 aliphatic rings. The fourth-order valence-electron chi connectivity index (χ4n) is 2.63. The van der Waals surface area contributed by atoms with Gasteiger partial charge in [-0.25, -0.2) is 8.42 Å². The molecule has 1 heterocycles. The topological polar surface area (TPSA) is 108 Å². The number of rotatable bonds is 6. The van der Waals surface area contributed by atoms with Crippen LogP contribution in [0.4, 0.5) is 5.69 Å². The van der Waals surface area contributed by atoms with E-state index in [-0.39, 0.29) is 41.7 Å². The molecule has 2 rings (SSSR count). The molecule has 26 heavy (non-hydrogen) atoms. The first kappa shape index (κ1) is 22.4. The molecule has 0 aliphatic carbocycles. The molecule has 1 aromatic rings. The Morgan fingerprint density at radius 3 is 2.46 bits per heavy atom. The van der Waals surface area contributed by atoms with Crippen LogP contribution in [0.2, 0.25) is 0 Å². The lowest BCUT2D eigenvalue weighted by Gasteiger charge is -2.25. The molecule has 146 valence electrons. The minimum atomic E-state index is -3.78. The molecule has 1 aromatic carbocycles. The van der Waals surface area contributed by atoms with E-state index in [4.69, 9.17) is 0 Å². The van der Waals surface area contributed by atoms with Gasteiger partial charge in [-0.3, -0.25) is 9.59 Å². The van der Waals surface area contributed by atoms with Crippen molar-refractivity contribution in [3.63, 3.8) is 0 Å². The van der Waals surface area contributed by atoms with Crippen molar-refractivity contribution < 1.29 is 18.0 Å². The maximum atomic E-state index is 12.5. The summed E-state index contributed by atoms with van der Waals surface area (Å²) in [4.78, 5) is 23.2. The van der Waals surface area contributed by atoms with Gasteiger partial charge in [-0.2, -0.15) is 4.31 Å². The lowest BCUT2D eigenvalue weighted by atomic mass is 10.1. The van der Waals surface area contributed by atoms with Crippen molar-refractivity contribution in [1.29, 1.82) is 0 Å². The molecular weight excluding hydrogens is 380 g/mol. The van der Waals surface area contributed by atoms with Gasteiger partial charge in [-0.05, 0) is 43.7 Å². The fourth-order valence-corrected chi connectivity index (χ4v) is 3.76. The van der Waals surface area contributed by atoms with Crippen LogP contribution in [0, 0.1) is 0 Å². The van der Waals surface area contributed by atoms with E-state index in [9.17, 15) is 18.0 Å². The van der Waals surface area contributed by atoms with Crippen molar-refractivity contribution in [1.82, 2.24) is 14.9 Å². The minimum Gasteiger partial charge on any atom is -0.351 e. The van der Waals surface area contributed by atoms with Crippen LogP contribution in [0.3, 0.4) is 0 Å². The number of amides is 2. The molecule has 1 aliphatic heterocycles. The van der Waals surface area contributed by atoms with Crippen LogP contribution in [0.25, 0.3) is 0 Å². The van der Waals surface area contributed by atoms with E-state index in [1.54, 1.807) is 0 Å². The zero-order valence-electron chi connectivity index (χ0n) is 14.8. The third-order valence-electron chi connectivity index (χ3n) is 3.91. The van der Waals surface area contributed by atoms with E-state index < -0.39 is 10.0 Å². The zero-order chi connectivity index (χ0) is 18.4. The zero-order valence-corrected chi connectivity index (χ0v) is 16.5. The van der Waals surface area contributed by atoms with Gasteiger partial charge in [0.1, 0.15) is 0 Å². The van der Waals surface area contributed by atoms with E-state index in [0.29, 0.717) is 12.2 Å². The van der Waals surface area contributed by atoms with Crippen molar-refractivity contribution in [2.75, 3.05) is 32.0 Å². The fraction of sp³-hybridized carbons (Fsp3) is 0.500. The van der Waals surface area contributed by atoms with Crippen LogP contribution in [0.1, 0.15) is 19.8 Å². The molecule has 0 radical (unpaired) electrons. The van der Waals surface area contributed by atoms with Crippen molar-refractivity contribution in [2.45, 2.75) is 30.7 Å². The van der Waals surface area contributed by atoms with Gasteiger partial charge in [-0.15, -0.1) is 12.4 Å². The maximum absolute atomic E-state index is 12.5. The summed E-state index contributed by atoms with van der Waals surface area (Å²) in [5.74, 6) is -0.559. The van der Waals surface area contributed by atoms with Crippen molar-refractivity contribution >= 4 is 39.9 Å². The number of nitrogens with one attached hydrogen (secondary N) is 3. The second-order valence-corrected chi connectivity index (χ2v) is 8.12. The number of nitrogens with zero attached hydrogens (tertiary/aromatic N) is 1. The van der Waals surface area contributed by atoms with E-state index in [1.165, 1.54) is 38.2 Å². The van der Waals surface area contributed by atoms with E-state index in [1.807, 2.05) is 0 Å². The molecule has 0 aromatic heterocycles. The van der Waals surface area contributed by atoms with Crippen molar-refractivity contribution in [3.05, 3.63) is 24.3 Å². The van der Waals surface area contributed by atoms with E-state index >= 15 is 0 Å². The van der Waals surface area contributed by atoms with Crippen LogP contribution >= 0.6 is 12.4 Å². The van der Waals surface area contributed by atoms with Gasteiger partial charge in [0, 0.05) is 32.2 Å². The quantitative estimate of drug-likeness (QED) is 0.642. The Bertz CT molecular complexity index is 718. The third kappa shape index (κ3) is 6.24. The molecular formula is C16H25ClN4O4S. The van der Waals surface area contributed by atoms with Crippen LogP contribution < -0.4 is 16.0 Å². The third-order valence-corrected chi connectivity index (χ3v) is 5.73. The standard InChI is InChI=1S/C16H24N4O4S.ClH/c1-12(21)18-13-5-7-15(8-6-13)25(23,24)20(2)11-16(22)19-14-4-3-9-17-10-14;/h5-8,14,17H,3-4,9-11H2,1-2H3,(H,18,21)(H,19,22);1H. The van der Waals surface area contributed by atoms with Crippen LogP contribution in [0.5, 0.6) is 0 Å². The first-order valence-electron chi connectivity index (χ1n) is 8.13. The van der Waals surface area contributed by atoms with Gasteiger partial charge in [0.15, 0.2) is 0 Å². The number of anilines is 1. The molecule has 1 saturated heterocycles. The predicted octanol–water partition coefficient (Wildman–Crippen LogP) is 0.556. The van der Waals surface area contributed by atoms with Gasteiger partial charge in [-0.1, -0.05) is 0 Å². The summed E-state index contributed by atoms with van der Waals surface area (Å²) >= 11 is 0. The molecule has 2 amide bonds. The number of halogens is 1. The average Bonchev–Trinajstić information content (AvgIpc) is 2.55. The van der Waals surface area contributed by atoms with Gasteiger partial charge in [0.25, 0.3) is 0 Å². The molecule has 1 unspecified atom stereocenters. The SMILES string of the molecule is CC(=O)Nc1ccc(S(=O)(=O)N(C)CC(=O)NC2CCCNC2)cc1.Cl. The highest BCUT2D eigenvalue weighted by Crippen LogP contribution is 2.17. The summed E-state index contributed by atoms with van der Waals surface area (Å²) in [7, 11) is -2.41. The summed E-state index contributed by atoms with van der Waals surface area (Å²) in [5, 5.41) is 8.61. The first-order valence-corrected chi connectivity index (χ1v) is 9.57. The highest BCUT2D eigenvalue weighted by molar-refractivity contribution is 7.89. The number of piperidine rings is 1. The molecule has 8 nitrogen and oxygen atoms in total. The second kappa shape index (κ2) is 9.86.